The Morgan fingerprint density at radius 3 is 3.15 bits per heavy atom. The number of piperidine rings is 1. The monoisotopic (exact) mass is 288 g/mol. The van der Waals surface area contributed by atoms with Crippen LogP contribution in [0.1, 0.15) is 29.3 Å². The highest BCUT2D eigenvalue weighted by atomic mass is 32.1. The number of anilines is 1. The number of likely N-dealkylation sites (tertiary alicyclic amines) is 1. The van der Waals surface area contributed by atoms with Crippen LogP contribution >= 0.6 is 11.3 Å². The number of thiazole rings is 1. The second-order valence-electron chi connectivity index (χ2n) is 5.22. The highest BCUT2D eigenvalue weighted by molar-refractivity contribution is 7.09. The molecule has 5 heteroatoms. The summed E-state index contributed by atoms with van der Waals surface area (Å²) in [7, 11) is 1.92. The van der Waals surface area contributed by atoms with Crippen molar-refractivity contribution in [2.24, 2.45) is 0 Å². The lowest BCUT2D eigenvalue weighted by Crippen LogP contribution is -2.33. The number of hydrogen-bond acceptors (Lipinski definition) is 5. The lowest BCUT2D eigenvalue weighted by Gasteiger charge is -2.32. The van der Waals surface area contributed by atoms with Crippen molar-refractivity contribution >= 4 is 17.2 Å². The summed E-state index contributed by atoms with van der Waals surface area (Å²) in [6, 6.07) is 4.33. The van der Waals surface area contributed by atoms with Gasteiger partial charge in [-0.05, 0) is 43.0 Å². The Morgan fingerprint density at radius 1 is 1.40 bits per heavy atom. The van der Waals surface area contributed by atoms with Crippen molar-refractivity contribution in [2.45, 2.75) is 25.3 Å². The molecule has 3 rings (SSSR count). The SMILES string of the molecule is CNc1cc([C@@H]2CCCN(Cc3nccs3)C2)ccn1. The maximum atomic E-state index is 4.39. The number of aromatic nitrogens is 2. The molecule has 3 heterocycles. The Hall–Kier alpha value is -1.46. The van der Waals surface area contributed by atoms with Gasteiger partial charge in [0.05, 0.1) is 6.54 Å². The van der Waals surface area contributed by atoms with Crippen molar-refractivity contribution in [1.82, 2.24) is 14.9 Å². The lowest BCUT2D eigenvalue weighted by atomic mass is 9.91. The summed E-state index contributed by atoms with van der Waals surface area (Å²) in [5, 5.41) is 6.39. The summed E-state index contributed by atoms with van der Waals surface area (Å²) in [4.78, 5) is 11.2. The van der Waals surface area contributed by atoms with Gasteiger partial charge in [0, 0.05) is 31.4 Å². The second-order valence-corrected chi connectivity index (χ2v) is 6.20. The quantitative estimate of drug-likeness (QED) is 0.939. The van der Waals surface area contributed by atoms with E-state index in [-0.39, 0.29) is 0 Å². The van der Waals surface area contributed by atoms with E-state index in [9.17, 15) is 0 Å². The fourth-order valence-electron chi connectivity index (χ4n) is 2.83. The molecule has 1 saturated heterocycles. The highest BCUT2D eigenvalue weighted by Gasteiger charge is 2.22. The van der Waals surface area contributed by atoms with Gasteiger partial charge >= 0.3 is 0 Å². The first-order valence-corrected chi connectivity index (χ1v) is 7.97. The van der Waals surface area contributed by atoms with Crippen LogP contribution < -0.4 is 5.32 Å². The predicted octanol–water partition coefficient (Wildman–Crippen LogP) is 2.96. The summed E-state index contributed by atoms with van der Waals surface area (Å²) in [5.74, 6) is 1.57. The molecular formula is C15H20N4S. The van der Waals surface area contributed by atoms with Crippen molar-refractivity contribution in [3.8, 4) is 0 Å². The van der Waals surface area contributed by atoms with Gasteiger partial charge in [0.25, 0.3) is 0 Å². The zero-order valence-electron chi connectivity index (χ0n) is 11.7. The van der Waals surface area contributed by atoms with Gasteiger partial charge in [-0.1, -0.05) is 0 Å². The van der Waals surface area contributed by atoms with Crippen LogP contribution in [0.3, 0.4) is 0 Å². The summed E-state index contributed by atoms with van der Waals surface area (Å²) in [5.41, 5.74) is 1.40. The van der Waals surface area contributed by atoms with E-state index < -0.39 is 0 Å². The Kier molecular flexibility index (Phi) is 4.28. The Labute approximate surface area is 123 Å². The summed E-state index contributed by atoms with van der Waals surface area (Å²) < 4.78 is 0. The number of nitrogens with one attached hydrogen (secondary N) is 1. The van der Waals surface area contributed by atoms with E-state index in [4.69, 9.17) is 0 Å². The van der Waals surface area contributed by atoms with E-state index in [0.717, 1.165) is 18.9 Å². The maximum absolute atomic E-state index is 4.39. The summed E-state index contributed by atoms with van der Waals surface area (Å²) in [6.07, 6.45) is 6.32. The number of rotatable bonds is 4. The molecular weight excluding hydrogens is 268 g/mol. The Morgan fingerprint density at radius 2 is 2.35 bits per heavy atom. The third-order valence-electron chi connectivity index (χ3n) is 3.86. The molecule has 0 unspecified atom stereocenters. The Bertz CT molecular complexity index is 541. The summed E-state index contributed by atoms with van der Waals surface area (Å²) in [6.45, 7) is 3.28. The second kappa shape index (κ2) is 6.33. The van der Waals surface area contributed by atoms with E-state index in [1.165, 1.54) is 30.0 Å². The molecule has 1 aliphatic heterocycles. The number of nitrogens with zero attached hydrogens (tertiary/aromatic N) is 3. The highest BCUT2D eigenvalue weighted by Crippen LogP contribution is 2.28. The molecule has 0 saturated carbocycles. The average Bonchev–Trinajstić information content (AvgIpc) is 3.00. The first-order chi connectivity index (χ1) is 9.85. The molecule has 1 fully saturated rings. The van der Waals surface area contributed by atoms with Gasteiger partial charge in [-0.15, -0.1) is 11.3 Å². The van der Waals surface area contributed by atoms with Gasteiger partial charge in [0.2, 0.25) is 0 Å². The fourth-order valence-corrected chi connectivity index (χ4v) is 3.49. The van der Waals surface area contributed by atoms with Crippen LogP contribution in [0.15, 0.2) is 29.9 Å². The zero-order valence-corrected chi connectivity index (χ0v) is 12.6. The molecule has 1 N–H and O–H groups in total. The molecule has 4 nitrogen and oxygen atoms in total. The lowest BCUT2D eigenvalue weighted by molar-refractivity contribution is 0.200. The minimum Gasteiger partial charge on any atom is -0.373 e. The van der Waals surface area contributed by atoms with Crippen LogP contribution in [-0.4, -0.2) is 35.0 Å². The van der Waals surface area contributed by atoms with Crippen molar-refractivity contribution in [1.29, 1.82) is 0 Å². The van der Waals surface area contributed by atoms with Crippen molar-refractivity contribution in [3.63, 3.8) is 0 Å². The minimum absolute atomic E-state index is 0.610. The molecule has 0 radical (unpaired) electrons. The molecule has 106 valence electrons. The van der Waals surface area contributed by atoms with E-state index in [0.29, 0.717) is 5.92 Å². The van der Waals surface area contributed by atoms with Gasteiger partial charge in [-0.3, -0.25) is 4.90 Å². The van der Waals surface area contributed by atoms with Crippen LogP contribution in [0.25, 0.3) is 0 Å². The summed E-state index contributed by atoms with van der Waals surface area (Å²) >= 11 is 1.75. The standard InChI is InChI=1S/C15H20N4S/c1-16-14-9-12(4-5-17-14)13-3-2-7-19(10-13)11-15-18-6-8-20-15/h4-6,8-9,13H,2-3,7,10-11H2,1H3,(H,16,17)/t13-/m1/s1. The largest absolute Gasteiger partial charge is 0.373 e. The smallest absolute Gasteiger partial charge is 0.125 e. The van der Waals surface area contributed by atoms with E-state index in [2.05, 4.69) is 37.7 Å². The average molecular weight is 288 g/mol. The molecule has 2 aromatic rings. The first-order valence-electron chi connectivity index (χ1n) is 7.09. The van der Waals surface area contributed by atoms with E-state index >= 15 is 0 Å². The normalized spacial score (nSPS) is 19.9. The molecule has 1 atom stereocenters. The minimum atomic E-state index is 0.610. The van der Waals surface area contributed by atoms with E-state index in [1.807, 2.05) is 19.4 Å². The van der Waals surface area contributed by atoms with Crippen LogP contribution in [0, 0.1) is 0 Å². The molecule has 2 aromatic heterocycles. The van der Waals surface area contributed by atoms with Crippen LogP contribution in [-0.2, 0) is 6.54 Å². The fraction of sp³-hybridized carbons (Fsp3) is 0.467. The van der Waals surface area contributed by atoms with E-state index in [1.54, 1.807) is 11.3 Å². The van der Waals surface area contributed by atoms with Crippen LogP contribution in [0.5, 0.6) is 0 Å². The van der Waals surface area contributed by atoms with Gasteiger partial charge in [-0.2, -0.15) is 0 Å². The first kappa shape index (κ1) is 13.5. The van der Waals surface area contributed by atoms with Crippen LogP contribution in [0.2, 0.25) is 0 Å². The third-order valence-corrected chi connectivity index (χ3v) is 4.62. The predicted molar refractivity (Wildman–Crippen MR) is 83.1 cm³/mol. The molecule has 0 aliphatic carbocycles. The van der Waals surface area contributed by atoms with Gasteiger partial charge < -0.3 is 5.32 Å². The van der Waals surface area contributed by atoms with Gasteiger partial charge in [0.15, 0.2) is 0 Å². The van der Waals surface area contributed by atoms with Crippen LogP contribution in [0.4, 0.5) is 5.82 Å². The van der Waals surface area contributed by atoms with Gasteiger partial charge in [0.1, 0.15) is 10.8 Å². The molecule has 20 heavy (non-hydrogen) atoms. The van der Waals surface area contributed by atoms with Crippen molar-refractivity contribution < 1.29 is 0 Å². The van der Waals surface area contributed by atoms with Gasteiger partial charge in [-0.25, -0.2) is 9.97 Å². The topological polar surface area (TPSA) is 41.0 Å². The number of pyridine rings is 1. The zero-order chi connectivity index (χ0) is 13.8. The molecule has 0 aromatic carbocycles. The maximum Gasteiger partial charge on any atom is 0.125 e. The molecule has 0 bridgehead atoms. The Balaban J connectivity index is 1.68. The molecule has 1 aliphatic rings. The third kappa shape index (κ3) is 3.16. The molecule has 0 spiro atoms. The number of hydrogen-bond donors (Lipinski definition) is 1. The van der Waals surface area contributed by atoms with Crippen molar-refractivity contribution in [3.05, 3.63) is 40.5 Å². The molecule has 0 amide bonds. The van der Waals surface area contributed by atoms with Crippen molar-refractivity contribution in [2.75, 3.05) is 25.5 Å².